The maximum absolute atomic E-state index is 12.0. The van der Waals surface area contributed by atoms with Gasteiger partial charge in [-0.2, -0.15) is 0 Å². The molecule has 0 amide bonds. The van der Waals surface area contributed by atoms with E-state index in [1.54, 1.807) is 7.11 Å². The zero-order valence-electron chi connectivity index (χ0n) is 26.1. The van der Waals surface area contributed by atoms with Crippen molar-refractivity contribution < 1.29 is 33.6 Å². The van der Waals surface area contributed by atoms with Crippen LogP contribution in [0.5, 0.6) is 28.7 Å². The maximum atomic E-state index is 12.0. The number of piperidine rings is 1. The van der Waals surface area contributed by atoms with Crippen molar-refractivity contribution in [3.05, 3.63) is 100 Å². The molecule has 1 atom stereocenters. The highest BCUT2D eigenvalue weighted by atomic mass is 35.5. The summed E-state index contributed by atoms with van der Waals surface area (Å²) in [4.78, 5) is 14.0. The molecule has 2 heterocycles. The Morgan fingerprint density at radius 3 is 2.46 bits per heavy atom. The standard InChI is InChI=1S/C37H38ClNO7/c1-24-26(9-7-10-29(24)25-13-14-33-36(19-25)44-17-16-43-33)22-46-35-20-34(45-23-27-8-3-4-12-32(27)42-2)28(18-30(35)38)21-39-15-6-5-11-31(39)37(40)41/h3-4,7-10,12-14,18-20,31H,5-6,11,15-17,21-23H2,1-2H3,(H,40,41). The van der Waals surface area contributed by atoms with Crippen LogP contribution in [0.4, 0.5) is 0 Å². The monoisotopic (exact) mass is 643 g/mol. The number of ether oxygens (including phenoxy) is 5. The van der Waals surface area contributed by atoms with Crippen molar-refractivity contribution in [2.45, 2.75) is 52.0 Å². The van der Waals surface area contributed by atoms with Gasteiger partial charge in [-0.1, -0.05) is 60.5 Å². The van der Waals surface area contributed by atoms with E-state index in [9.17, 15) is 9.90 Å². The van der Waals surface area contributed by atoms with Crippen molar-refractivity contribution in [3.8, 4) is 39.9 Å². The van der Waals surface area contributed by atoms with Gasteiger partial charge in [-0.3, -0.25) is 9.69 Å². The number of fused-ring (bicyclic) bond motifs is 1. The van der Waals surface area contributed by atoms with E-state index < -0.39 is 12.0 Å². The Kier molecular flexibility index (Phi) is 9.85. The Balaban J connectivity index is 1.26. The first-order valence-electron chi connectivity index (χ1n) is 15.6. The van der Waals surface area contributed by atoms with Crippen LogP contribution in [0.3, 0.4) is 0 Å². The van der Waals surface area contributed by atoms with Crippen molar-refractivity contribution in [3.63, 3.8) is 0 Å². The first-order chi connectivity index (χ1) is 22.4. The zero-order valence-corrected chi connectivity index (χ0v) is 26.8. The molecule has 6 rings (SSSR count). The van der Waals surface area contributed by atoms with Gasteiger partial charge in [-0.15, -0.1) is 0 Å². The third-order valence-corrected chi connectivity index (χ3v) is 8.94. The van der Waals surface area contributed by atoms with Gasteiger partial charge < -0.3 is 28.8 Å². The number of rotatable bonds is 11. The molecule has 2 aliphatic rings. The summed E-state index contributed by atoms with van der Waals surface area (Å²) in [6, 6.07) is 22.9. The molecule has 4 aromatic carbocycles. The number of aliphatic carboxylic acids is 1. The van der Waals surface area contributed by atoms with Crippen LogP contribution in [0.15, 0.2) is 72.8 Å². The number of halogens is 1. The molecule has 0 radical (unpaired) electrons. The fourth-order valence-electron chi connectivity index (χ4n) is 6.12. The van der Waals surface area contributed by atoms with Gasteiger partial charge in [0.1, 0.15) is 49.7 Å². The molecule has 1 N–H and O–H groups in total. The molecule has 4 aromatic rings. The van der Waals surface area contributed by atoms with E-state index in [2.05, 4.69) is 13.0 Å². The van der Waals surface area contributed by atoms with E-state index in [-0.39, 0.29) is 6.61 Å². The molecule has 0 spiro atoms. The first kappa shape index (κ1) is 31.6. The van der Waals surface area contributed by atoms with E-state index in [1.807, 2.05) is 71.6 Å². The zero-order chi connectivity index (χ0) is 32.0. The van der Waals surface area contributed by atoms with Crippen molar-refractivity contribution in [1.29, 1.82) is 0 Å². The number of carboxylic acid groups (broad SMARTS) is 1. The summed E-state index contributed by atoms with van der Waals surface area (Å²) in [7, 11) is 1.63. The van der Waals surface area contributed by atoms with Crippen LogP contribution in [0.1, 0.15) is 41.5 Å². The second-order valence-corrected chi connectivity index (χ2v) is 12.0. The number of benzene rings is 4. The molecule has 2 aliphatic heterocycles. The van der Waals surface area contributed by atoms with Gasteiger partial charge in [-0.25, -0.2) is 0 Å². The van der Waals surface area contributed by atoms with E-state index >= 15 is 0 Å². The van der Waals surface area contributed by atoms with Crippen molar-refractivity contribution in [2.75, 3.05) is 26.9 Å². The van der Waals surface area contributed by atoms with E-state index in [0.717, 1.165) is 63.5 Å². The number of carbonyl (C=O) groups is 1. The average molecular weight is 644 g/mol. The van der Waals surface area contributed by atoms with Gasteiger partial charge in [-0.05, 0) is 72.8 Å². The lowest BCUT2D eigenvalue weighted by molar-refractivity contribution is -0.144. The smallest absolute Gasteiger partial charge is 0.320 e. The molecule has 0 aliphatic carbocycles. The predicted octanol–water partition coefficient (Wildman–Crippen LogP) is 7.69. The minimum Gasteiger partial charge on any atom is -0.496 e. The van der Waals surface area contributed by atoms with Gasteiger partial charge in [0.05, 0.1) is 12.1 Å². The SMILES string of the molecule is COc1ccccc1COc1cc(OCc2cccc(-c3ccc4c(c3)OCCO4)c2C)c(Cl)cc1CN1CCCCC1C(=O)O. The largest absolute Gasteiger partial charge is 0.496 e. The normalized spacial score (nSPS) is 16.1. The summed E-state index contributed by atoms with van der Waals surface area (Å²) in [5.74, 6) is 2.49. The van der Waals surface area contributed by atoms with Crippen LogP contribution < -0.4 is 23.7 Å². The highest BCUT2D eigenvalue weighted by Gasteiger charge is 2.29. The average Bonchev–Trinajstić information content (AvgIpc) is 3.08. The molecule has 1 saturated heterocycles. The Labute approximate surface area is 274 Å². The number of hydrogen-bond acceptors (Lipinski definition) is 7. The summed E-state index contributed by atoms with van der Waals surface area (Å²) >= 11 is 6.82. The molecule has 240 valence electrons. The van der Waals surface area contributed by atoms with Gasteiger partial charge >= 0.3 is 5.97 Å². The maximum Gasteiger partial charge on any atom is 0.320 e. The Morgan fingerprint density at radius 1 is 0.870 bits per heavy atom. The lowest BCUT2D eigenvalue weighted by Crippen LogP contribution is -2.44. The van der Waals surface area contributed by atoms with Crippen LogP contribution in [0.25, 0.3) is 11.1 Å². The Morgan fingerprint density at radius 2 is 1.63 bits per heavy atom. The summed E-state index contributed by atoms with van der Waals surface area (Å²) in [5, 5.41) is 10.3. The van der Waals surface area contributed by atoms with Gasteiger partial charge in [0, 0.05) is 23.7 Å². The molecular formula is C37H38ClNO7. The van der Waals surface area contributed by atoms with E-state index in [4.69, 9.17) is 35.3 Å². The summed E-state index contributed by atoms with van der Waals surface area (Å²) in [5.41, 5.74) is 5.91. The molecule has 1 fully saturated rings. The quantitative estimate of drug-likeness (QED) is 0.178. The van der Waals surface area contributed by atoms with E-state index in [0.29, 0.717) is 55.9 Å². The first-order valence-corrected chi connectivity index (χ1v) is 15.9. The number of carboxylic acids is 1. The molecular weight excluding hydrogens is 606 g/mol. The lowest BCUT2D eigenvalue weighted by Gasteiger charge is -2.33. The highest BCUT2D eigenvalue weighted by molar-refractivity contribution is 6.32. The molecule has 9 heteroatoms. The predicted molar refractivity (Wildman–Crippen MR) is 176 cm³/mol. The molecule has 46 heavy (non-hydrogen) atoms. The highest BCUT2D eigenvalue weighted by Crippen LogP contribution is 2.38. The fraction of sp³-hybridized carbons (Fsp3) is 0.324. The van der Waals surface area contributed by atoms with Crippen molar-refractivity contribution >= 4 is 17.6 Å². The van der Waals surface area contributed by atoms with Crippen molar-refractivity contribution in [1.82, 2.24) is 4.90 Å². The molecule has 0 aromatic heterocycles. The third kappa shape index (κ3) is 7.03. The molecule has 1 unspecified atom stereocenters. The Bertz CT molecular complexity index is 1710. The minimum absolute atomic E-state index is 0.261. The summed E-state index contributed by atoms with van der Waals surface area (Å²) < 4.78 is 29.7. The van der Waals surface area contributed by atoms with Crippen LogP contribution in [0.2, 0.25) is 5.02 Å². The van der Waals surface area contributed by atoms with Crippen LogP contribution >= 0.6 is 11.6 Å². The molecule has 8 nitrogen and oxygen atoms in total. The third-order valence-electron chi connectivity index (χ3n) is 8.65. The van der Waals surface area contributed by atoms with Crippen LogP contribution in [0, 0.1) is 6.92 Å². The number of likely N-dealkylation sites (tertiary alicyclic amines) is 1. The number of hydrogen-bond donors (Lipinski definition) is 1. The van der Waals surface area contributed by atoms with Gasteiger partial charge in [0.15, 0.2) is 11.5 Å². The summed E-state index contributed by atoms with van der Waals surface area (Å²) in [6.07, 6.45) is 2.46. The molecule has 0 saturated carbocycles. The number of para-hydroxylation sites is 1. The minimum atomic E-state index is -0.809. The van der Waals surface area contributed by atoms with E-state index in [1.165, 1.54) is 0 Å². The second kappa shape index (κ2) is 14.4. The van der Waals surface area contributed by atoms with Crippen LogP contribution in [-0.2, 0) is 24.6 Å². The molecule has 0 bridgehead atoms. The Hall–Kier alpha value is -4.40. The number of methoxy groups -OCH3 is 1. The van der Waals surface area contributed by atoms with Crippen LogP contribution in [-0.4, -0.2) is 48.9 Å². The fourth-order valence-corrected chi connectivity index (χ4v) is 6.36. The second-order valence-electron chi connectivity index (χ2n) is 11.5. The van der Waals surface area contributed by atoms with Crippen molar-refractivity contribution in [2.24, 2.45) is 0 Å². The number of nitrogens with zero attached hydrogens (tertiary/aromatic N) is 1. The summed E-state index contributed by atoms with van der Waals surface area (Å²) in [6.45, 7) is 4.81. The van der Waals surface area contributed by atoms with Gasteiger partial charge in [0.25, 0.3) is 0 Å². The lowest BCUT2D eigenvalue weighted by atomic mass is 9.96. The topological polar surface area (TPSA) is 86.7 Å². The van der Waals surface area contributed by atoms with Gasteiger partial charge in [0.2, 0.25) is 0 Å².